The Morgan fingerprint density at radius 3 is 2.61 bits per heavy atom. The van der Waals surface area contributed by atoms with Crippen molar-refractivity contribution in [2.24, 2.45) is 5.41 Å². The van der Waals surface area contributed by atoms with Gasteiger partial charge >= 0.3 is 0 Å². The summed E-state index contributed by atoms with van der Waals surface area (Å²) in [5.41, 5.74) is 0.827. The molecule has 0 aromatic carbocycles. The summed E-state index contributed by atoms with van der Waals surface area (Å²) in [7, 11) is 0. The Hall–Kier alpha value is -1.19. The molecule has 0 bridgehead atoms. The third-order valence-corrected chi connectivity index (χ3v) is 4.24. The zero-order valence-electron chi connectivity index (χ0n) is 11.3. The maximum atomic E-state index is 14.0. The van der Waals surface area contributed by atoms with Crippen LogP contribution >= 0.6 is 0 Å². The zero-order chi connectivity index (χ0) is 13.0. The van der Waals surface area contributed by atoms with Gasteiger partial charge in [-0.1, -0.05) is 26.7 Å². The van der Waals surface area contributed by atoms with Crippen LogP contribution in [0.25, 0.3) is 0 Å². The molecule has 1 saturated carbocycles. The molecule has 0 amide bonds. The maximum Gasteiger partial charge on any atom is 0.186 e. The summed E-state index contributed by atoms with van der Waals surface area (Å²) >= 11 is 0. The summed E-state index contributed by atoms with van der Waals surface area (Å²) in [6.45, 7) is 4.95. The van der Waals surface area contributed by atoms with Gasteiger partial charge in [0.05, 0.1) is 5.69 Å². The molecule has 0 radical (unpaired) electrons. The molecule has 0 unspecified atom stereocenters. The summed E-state index contributed by atoms with van der Waals surface area (Å²) in [4.78, 5) is 7.96. The fourth-order valence-corrected chi connectivity index (χ4v) is 2.83. The van der Waals surface area contributed by atoms with E-state index in [-0.39, 0.29) is 5.82 Å². The molecule has 0 aliphatic heterocycles. The first-order valence-corrected chi connectivity index (χ1v) is 6.94. The predicted octanol–water partition coefficient (Wildman–Crippen LogP) is 3.56. The lowest BCUT2D eigenvalue weighted by Crippen LogP contribution is -2.26. The second kappa shape index (κ2) is 5.63. The normalized spacial score (nSPS) is 17.9. The number of aryl methyl sites for hydroxylation is 1. The van der Waals surface area contributed by atoms with E-state index >= 15 is 0 Å². The van der Waals surface area contributed by atoms with E-state index in [9.17, 15) is 4.39 Å². The first kappa shape index (κ1) is 13.2. The van der Waals surface area contributed by atoms with Crippen LogP contribution < -0.4 is 5.32 Å². The number of aromatic nitrogens is 2. The van der Waals surface area contributed by atoms with Crippen LogP contribution in [0.5, 0.6) is 0 Å². The van der Waals surface area contributed by atoms with Crippen molar-refractivity contribution >= 4 is 5.82 Å². The van der Waals surface area contributed by atoms with Gasteiger partial charge in [-0.3, -0.25) is 0 Å². The summed E-state index contributed by atoms with van der Waals surface area (Å²) in [5, 5.41) is 3.20. The second-order valence-electron chi connectivity index (χ2n) is 5.25. The Morgan fingerprint density at radius 1 is 1.28 bits per heavy atom. The molecule has 1 N–H and O–H groups in total. The van der Waals surface area contributed by atoms with Gasteiger partial charge in [0.2, 0.25) is 0 Å². The molecule has 1 fully saturated rings. The summed E-state index contributed by atoms with van der Waals surface area (Å²) in [6.07, 6.45) is 8.25. The average Bonchev–Trinajstić information content (AvgIpc) is 2.87. The first-order valence-electron chi connectivity index (χ1n) is 6.94. The third kappa shape index (κ3) is 2.62. The minimum absolute atomic E-state index is 0.288. The van der Waals surface area contributed by atoms with Crippen molar-refractivity contribution in [1.82, 2.24) is 9.97 Å². The second-order valence-corrected chi connectivity index (χ2v) is 5.25. The zero-order valence-corrected chi connectivity index (χ0v) is 11.3. The standard InChI is InChI=1S/C14H22FN3/c1-3-11-12(15)13(18-10-17-11)16-9-14(4-2)7-5-6-8-14/h10H,3-9H2,1-2H3,(H,16,17,18). The van der Waals surface area contributed by atoms with E-state index in [1.165, 1.54) is 32.0 Å². The van der Waals surface area contributed by atoms with E-state index in [0.717, 1.165) is 13.0 Å². The molecule has 1 aromatic rings. The average molecular weight is 251 g/mol. The number of hydrogen-bond acceptors (Lipinski definition) is 3. The van der Waals surface area contributed by atoms with Crippen LogP contribution in [-0.4, -0.2) is 16.5 Å². The summed E-state index contributed by atoms with van der Waals surface area (Å²) < 4.78 is 14.0. The first-order chi connectivity index (χ1) is 8.71. The highest BCUT2D eigenvalue weighted by molar-refractivity contribution is 5.37. The van der Waals surface area contributed by atoms with E-state index in [0.29, 0.717) is 23.3 Å². The Bertz CT molecular complexity index is 400. The third-order valence-electron chi connectivity index (χ3n) is 4.24. The monoisotopic (exact) mass is 251 g/mol. The quantitative estimate of drug-likeness (QED) is 0.869. The van der Waals surface area contributed by atoms with Crippen LogP contribution in [0.15, 0.2) is 6.33 Å². The van der Waals surface area contributed by atoms with E-state index in [4.69, 9.17) is 0 Å². The van der Waals surface area contributed by atoms with Gasteiger partial charge in [-0.2, -0.15) is 0 Å². The Balaban J connectivity index is 2.05. The summed E-state index contributed by atoms with van der Waals surface area (Å²) in [5.74, 6) is 0.0748. The largest absolute Gasteiger partial charge is 0.367 e. The molecule has 3 nitrogen and oxygen atoms in total. The molecule has 1 aliphatic carbocycles. The Morgan fingerprint density at radius 2 is 2.00 bits per heavy atom. The van der Waals surface area contributed by atoms with Crippen LogP contribution in [0.2, 0.25) is 0 Å². The molecular formula is C14H22FN3. The lowest BCUT2D eigenvalue weighted by Gasteiger charge is -2.28. The van der Waals surface area contributed by atoms with Crippen LogP contribution in [-0.2, 0) is 6.42 Å². The highest BCUT2D eigenvalue weighted by Crippen LogP contribution is 2.40. The van der Waals surface area contributed by atoms with Crippen molar-refractivity contribution in [3.63, 3.8) is 0 Å². The lowest BCUT2D eigenvalue weighted by atomic mass is 9.83. The Labute approximate surface area is 108 Å². The van der Waals surface area contributed by atoms with Crippen LogP contribution in [0.1, 0.15) is 51.6 Å². The summed E-state index contributed by atoms with van der Waals surface area (Å²) in [6, 6.07) is 0. The van der Waals surface area contributed by atoms with Crippen molar-refractivity contribution < 1.29 is 4.39 Å². The number of hydrogen-bond donors (Lipinski definition) is 1. The molecule has 2 rings (SSSR count). The number of rotatable bonds is 5. The van der Waals surface area contributed by atoms with Crippen molar-refractivity contribution in [2.45, 2.75) is 52.4 Å². The van der Waals surface area contributed by atoms with Crippen molar-refractivity contribution in [1.29, 1.82) is 0 Å². The SMILES string of the molecule is CCc1ncnc(NCC2(CC)CCCC2)c1F. The van der Waals surface area contributed by atoms with Gasteiger partial charge in [0.25, 0.3) is 0 Å². The maximum absolute atomic E-state index is 14.0. The number of anilines is 1. The van der Waals surface area contributed by atoms with Gasteiger partial charge in [-0.15, -0.1) is 0 Å². The lowest BCUT2D eigenvalue weighted by molar-refractivity contribution is 0.306. The van der Waals surface area contributed by atoms with Crippen molar-refractivity contribution in [3.05, 3.63) is 17.8 Å². The molecule has 1 aliphatic rings. The molecule has 1 heterocycles. The fraction of sp³-hybridized carbons (Fsp3) is 0.714. The van der Waals surface area contributed by atoms with Crippen LogP contribution in [0.4, 0.5) is 10.2 Å². The van der Waals surface area contributed by atoms with Gasteiger partial charge in [-0.25, -0.2) is 14.4 Å². The number of nitrogens with zero attached hydrogens (tertiary/aromatic N) is 2. The smallest absolute Gasteiger partial charge is 0.186 e. The molecule has 0 saturated heterocycles. The minimum atomic E-state index is -0.288. The van der Waals surface area contributed by atoms with Crippen LogP contribution in [0.3, 0.4) is 0 Å². The Kier molecular flexibility index (Phi) is 4.15. The van der Waals surface area contributed by atoms with Gasteiger partial charge < -0.3 is 5.32 Å². The van der Waals surface area contributed by atoms with E-state index in [1.807, 2.05) is 6.92 Å². The number of nitrogens with one attached hydrogen (secondary N) is 1. The van der Waals surface area contributed by atoms with Gasteiger partial charge in [0, 0.05) is 6.54 Å². The van der Waals surface area contributed by atoms with E-state index < -0.39 is 0 Å². The molecule has 1 aromatic heterocycles. The molecular weight excluding hydrogens is 229 g/mol. The predicted molar refractivity (Wildman–Crippen MR) is 71.0 cm³/mol. The molecule has 100 valence electrons. The molecule has 18 heavy (non-hydrogen) atoms. The topological polar surface area (TPSA) is 37.8 Å². The molecule has 0 spiro atoms. The minimum Gasteiger partial charge on any atom is -0.367 e. The highest BCUT2D eigenvalue weighted by Gasteiger charge is 2.32. The molecule has 4 heteroatoms. The van der Waals surface area contributed by atoms with Crippen LogP contribution in [0, 0.1) is 11.2 Å². The van der Waals surface area contributed by atoms with E-state index in [2.05, 4.69) is 22.2 Å². The van der Waals surface area contributed by atoms with E-state index in [1.54, 1.807) is 0 Å². The van der Waals surface area contributed by atoms with Gasteiger partial charge in [0.1, 0.15) is 6.33 Å². The van der Waals surface area contributed by atoms with Gasteiger partial charge in [0.15, 0.2) is 11.6 Å². The number of halogens is 1. The highest BCUT2D eigenvalue weighted by atomic mass is 19.1. The van der Waals surface area contributed by atoms with Crippen molar-refractivity contribution in [3.8, 4) is 0 Å². The van der Waals surface area contributed by atoms with Crippen molar-refractivity contribution in [2.75, 3.05) is 11.9 Å². The fourth-order valence-electron chi connectivity index (χ4n) is 2.83. The molecule has 0 atom stereocenters. The van der Waals surface area contributed by atoms with Gasteiger partial charge in [-0.05, 0) is 31.1 Å².